The zero-order valence-electron chi connectivity index (χ0n) is 32.0. The number of benzene rings is 3. The third-order valence-corrected chi connectivity index (χ3v) is 11.9. The van der Waals surface area contributed by atoms with E-state index in [4.69, 9.17) is 17.0 Å². The minimum absolute atomic E-state index is 0.0243. The number of aryl methyl sites for hydroxylation is 1. The monoisotopic (exact) mass is 815 g/mol. The fourth-order valence-electron chi connectivity index (χ4n) is 8.23. The first-order valence-corrected chi connectivity index (χ1v) is 20.0. The second kappa shape index (κ2) is 16.8. The van der Waals surface area contributed by atoms with E-state index >= 15 is 0 Å². The highest BCUT2D eigenvalue weighted by atomic mass is 32.1. The van der Waals surface area contributed by atoms with Crippen LogP contribution in [0.2, 0.25) is 0 Å². The van der Waals surface area contributed by atoms with Gasteiger partial charge in [0.05, 0.1) is 36.0 Å². The van der Waals surface area contributed by atoms with E-state index in [1.807, 2.05) is 25.1 Å². The maximum atomic E-state index is 13.9. The second-order valence-corrected chi connectivity index (χ2v) is 15.6. The Bertz CT molecular complexity index is 2160. The smallest absolute Gasteiger partial charge is 0.417 e. The predicted molar refractivity (Wildman–Crippen MR) is 215 cm³/mol. The largest absolute Gasteiger partial charge is 0.493 e. The number of carbonyl (C=O) groups excluding carboxylic acids is 4. The highest BCUT2D eigenvalue weighted by Gasteiger charge is 2.59. The topological polar surface area (TPSA) is 147 Å². The molecule has 4 amide bonds. The molecule has 16 heteroatoms. The Morgan fingerprint density at radius 2 is 1.76 bits per heavy atom. The van der Waals surface area contributed by atoms with Gasteiger partial charge in [0.25, 0.3) is 5.91 Å². The highest BCUT2D eigenvalue weighted by molar-refractivity contribution is 7.81. The molecule has 3 aromatic carbocycles. The quantitative estimate of drug-likeness (QED) is 0.136. The maximum Gasteiger partial charge on any atom is 0.417 e. The molecule has 3 N–H and O–H groups in total. The van der Waals surface area contributed by atoms with Gasteiger partial charge < -0.3 is 20.3 Å². The molecule has 3 aromatic rings. The van der Waals surface area contributed by atoms with E-state index in [1.54, 1.807) is 35.2 Å². The summed E-state index contributed by atoms with van der Waals surface area (Å²) in [4.78, 5) is 55.5. The number of carbonyl (C=O) groups is 4. The lowest BCUT2D eigenvalue weighted by molar-refractivity contribution is -0.138. The number of imide groups is 1. The van der Waals surface area contributed by atoms with Crippen molar-refractivity contribution in [3.05, 3.63) is 77.4 Å². The third-order valence-electron chi connectivity index (χ3n) is 11.5. The van der Waals surface area contributed by atoms with E-state index in [9.17, 15) is 37.6 Å². The highest BCUT2D eigenvalue weighted by Crippen LogP contribution is 2.49. The van der Waals surface area contributed by atoms with Crippen LogP contribution in [-0.4, -0.2) is 71.5 Å². The van der Waals surface area contributed by atoms with E-state index in [0.717, 1.165) is 62.2 Å². The van der Waals surface area contributed by atoms with Gasteiger partial charge in [-0.25, -0.2) is 0 Å². The summed E-state index contributed by atoms with van der Waals surface area (Å²) < 4.78 is 47.8. The SMILES string of the molecule is CCc1cc(N2C(=S)N(c3ccc(C#N)c(C(F)(F)F)c3)C(=O)C23CCC3)ccc1OCCC1CCN(CC(=O)Nc2cccc(NC3CCC(=O)NC3=O)c2)CC1. The Morgan fingerprint density at radius 3 is 2.43 bits per heavy atom. The van der Waals surface area contributed by atoms with Crippen molar-refractivity contribution in [2.45, 2.75) is 82.5 Å². The van der Waals surface area contributed by atoms with Crippen molar-refractivity contribution < 1.29 is 37.1 Å². The average molecular weight is 816 g/mol. The molecule has 12 nitrogen and oxygen atoms in total. The number of hydrogen-bond acceptors (Lipinski definition) is 9. The number of piperidine rings is 2. The Balaban J connectivity index is 0.910. The number of anilines is 4. The molecule has 0 radical (unpaired) electrons. The lowest BCUT2D eigenvalue weighted by atomic mass is 9.75. The number of rotatable bonds is 12. The summed E-state index contributed by atoms with van der Waals surface area (Å²) in [6, 6.07) is 17.1. The summed E-state index contributed by atoms with van der Waals surface area (Å²) in [5, 5.41) is 17.8. The molecule has 0 aromatic heterocycles. The minimum atomic E-state index is -4.78. The molecule has 1 saturated carbocycles. The van der Waals surface area contributed by atoms with Gasteiger partial charge in [-0.15, -0.1) is 0 Å². The molecule has 0 bridgehead atoms. The normalized spacial score (nSPS) is 19.8. The number of halogens is 3. The third kappa shape index (κ3) is 8.37. The molecule has 58 heavy (non-hydrogen) atoms. The molecule has 1 atom stereocenters. The van der Waals surface area contributed by atoms with E-state index in [2.05, 4.69) is 20.9 Å². The Morgan fingerprint density at radius 1 is 1.02 bits per heavy atom. The van der Waals surface area contributed by atoms with Crippen molar-refractivity contribution >= 4 is 63.7 Å². The van der Waals surface area contributed by atoms with E-state index in [0.29, 0.717) is 55.3 Å². The summed E-state index contributed by atoms with van der Waals surface area (Å²) in [7, 11) is 0. The summed E-state index contributed by atoms with van der Waals surface area (Å²) in [5.41, 5.74) is 0.210. The minimum Gasteiger partial charge on any atom is -0.493 e. The Kier molecular flexibility index (Phi) is 11.7. The van der Waals surface area contributed by atoms with Crippen molar-refractivity contribution in [3.8, 4) is 11.8 Å². The van der Waals surface area contributed by atoms with Crippen LogP contribution < -0.4 is 30.5 Å². The second-order valence-electron chi connectivity index (χ2n) is 15.3. The van der Waals surface area contributed by atoms with Gasteiger partial charge in [0.1, 0.15) is 17.3 Å². The molecule has 4 fully saturated rings. The molecular weight excluding hydrogens is 772 g/mol. The number of nitriles is 1. The van der Waals surface area contributed by atoms with Crippen molar-refractivity contribution in [1.29, 1.82) is 5.26 Å². The number of hydrogen-bond donors (Lipinski definition) is 3. The van der Waals surface area contributed by atoms with Crippen LogP contribution in [0.3, 0.4) is 0 Å². The van der Waals surface area contributed by atoms with Crippen molar-refractivity contribution in [3.63, 3.8) is 0 Å². The standard InChI is InChI=1S/C42H44F3N7O5S/c1-2-27-21-32(52-40(58)51(39(56)41(52)16-4-17-41)31-8-7-28(24-46)33(23-31)42(43,44)45)9-11-35(27)57-20-15-26-13-18-50(19-14-26)25-37(54)48-30-6-3-5-29(22-30)47-34-10-12-36(53)49-38(34)55/h3,5-9,11,21-23,26,34,47H,2,4,10,12-20,25H2,1H3,(H,48,54)(H,49,53,55). The summed E-state index contributed by atoms with van der Waals surface area (Å²) in [5.74, 6) is -0.00221. The molecule has 4 aliphatic rings. The molecule has 3 aliphatic heterocycles. The molecule has 3 saturated heterocycles. The van der Waals surface area contributed by atoms with Crippen LogP contribution in [0.25, 0.3) is 0 Å². The number of thiocarbonyl (C=S) groups is 1. The van der Waals surface area contributed by atoms with Gasteiger partial charge in [-0.2, -0.15) is 18.4 Å². The van der Waals surface area contributed by atoms with Crippen molar-refractivity contribution in [2.24, 2.45) is 5.92 Å². The van der Waals surface area contributed by atoms with Gasteiger partial charge in [-0.05, 0) is 143 Å². The fraction of sp³-hybridized carbons (Fsp3) is 0.429. The number of amides is 4. The number of likely N-dealkylation sites (tertiary alicyclic amines) is 1. The molecule has 7 rings (SSSR count). The van der Waals surface area contributed by atoms with Crippen LogP contribution in [-0.2, 0) is 31.8 Å². The van der Waals surface area contributed by atoms with Crippen LogP contribution >= 0.6 is 12.2 Å². The zero-order chi connectivity index (χ0) is 41.2. The maximum absolute atomic E-state index is 13.9. The molecule has 1 unspecified atom stereocenters. The Labute approximate surface area is 339 Å². The van der Waals surface area contributed by atoms with Gasteiger partial charge in [-0.3, -0.25) is 34.3 Å². The summed E-state index contributed by atoms with van der Waals surface area (Å²) in [6.45, 7) is 4.31. The Hall–Kier alpha value is -5.53. The van der Waals surface area contributed by atoms with Crippen LogP contribution in [0.1, 0.15) is 75.0 Å². The fourth-order valence-corrected chi connectivity index (χ4v) is 8.69. The number of alkyl halides is 3. The van der Waals surface area contributed by atoms with Gasteiger partial charge in [-0.1, -0.05) is 13.0 Å². The molecule has 3 heterocycles. The van der Waals surface area contributed by atoms with Gasteiger partial charge in [0, 0.05) is 23.5 Å². The molecule has 304 valence electrons. The van der Waals surface area contributed by atoms with Gasteiger partial charge in [0.15, 0.2) is 5.11 Å². The molecule has 1 spiro atoms. The van der Waals surface area contributed by atoms with E-state index in [-0.39, 0.29) is 47.4 Å². The van der Waals surface area contributed by atoms with Crippen molar-refractivity contribution in [1.82, 2.24) is 10.2 Å². The average Bonchev–Trinajstić information content (AvgIpc) is 3.42. The lowest BCUT2D eigenvalue weighted by Gasteiger charge is -2.43. The molecular formula is C42H44F3N7O5S. The number of nitrogens with one attached hydrogen (secondary N) is 3. The summed E-state index contributed by atoms with van der Waals surface area (Å²) in [6.07, 6.45) is 1.00. The van der Waals surface area contributed by atoms with Crippen LogP contribution in [0.15, 0.2) is 60.7 Å². The van der Waals surface area contributed by atoms with Crippen LogP contribution in [0.5, 0.6) is 5.75 Å². The first-order valence-electron chi connectivity index (χ1n) is 19.6. The van der Waals surface area contributed by atoms with E-state index < -0.39 is 28.9 Å². The number of nitrogens with zero attached hydrogens (tertiary/aromatic N) is 4. The van der Waals surface area contributed by atoms with Crippen LogP contribution in [0.4, 0.5) is 35.9 Å². The van der Waals surface area contributed by atoms with Gasteiger partial charge >= 0.3 is 6.18 Å². The first-order chi connectivity index (χ1) is 27.8. The van der Waals surface area contributed by atoms with Crippen molar-refractivity contribution in [2.75, 3.05) is 46.7 Å². The number of ether oxygens (including phenoxy) is 1. The predicted octanol–water partition coefficient (Wildman–Crippen LogP) is 6.54. The van der Waals surface area contributed by atoms with E-state index in [1.165, 1.54) is 11.0 Å². The van der Waals surface area contributed by atoms with Crippen LogP contribution in [0, 0.1) is 17.2 Å². The zero-order valence-corrected chi connectivity index (χ0v) is 32.8. The first kappa shape index (κ1) is 40.7. The lowest BCUT2D eigenvalue weighted by Crippen LogP contribution is -2.55. The molecule has 1 aliphatic carbocycles. The van der Waals surface area contributed by atoms with Gasteiger partial charge in [0.2, 0.25) is 17.7 Å². The summed E-state index contributed by atoms with van der Waals surface area (Å²) >= 11 is 5.81.